The van der Waals surface area contributed by atoms with Crippen LogP contribution in [0.3, 0.4) is 0 Å². The monoisotopic (exact) mass is 267 g/mol. The largest absolute Gasteiger partial charge is 0.383 e. The van der Waals surface area contributed by atoms with E-state index in [0.29, 0.717) is 12.0 Å². The van der Waals surface area contributed by atoms with Gasteiger partial charge in [-0.3, -0.25) is 0 Å². The Balaban J connectivity index is 2.11. The number of rotatable bonds is 5. The van der Waals surface area contributed by atoms with Crippen molar-refractivity contribution in [1.82, 2.24) is 0 Å². The van der Waals surface area contributed by atoms with Crippen LogP contribution >= 0.6 is 0 Å². The van der Waals surface area contributed by atoms with Crippen molar-refractivity contribution in [1.29, 1.82) is 0 Å². The van der Waals surface area contributed by atoms with E-state index in [-0.39, 0.29) is 0 Å². The molecule has 0 saturated heterocycles. The zero-order valence-corrected chi connectivity index (χ0v) is 13.0. The van der Waals surface area contributed by atoms with Gasteiger partial charge < -0.3 is 5.32 Å². The zero-order valence-electron chi connectivity index (χ0n) is 13.0. The molecule has 0 fully saturated rings. The molecule has 0 bridgehead atoms. The molecule has 0 spiro atoms. The van der Waals surface area contributed by atoms with E-state index >= 15 is 0 Å². The standard InChI is InChI=1S/C19H25N/c1-14(2)13-16-5-7-17(8-6-16)18-9-11-19(12-10-18)20-15(3)4/h5-12,14-15,20H,13H2,1-4H3. The summed E-state index contributed by atoms with van der Waals surface area (Å²) in [5.41, 5.74) is 5.16. The first-order valence-corrected chi connectivity index (χ1v) is 7.50. The average molecular weight is 267 g/mol. The molecular formula is C19H25N. The molecule has 0 aliphatic rings. The van der Waals surface area contributed by atoms with Gasteiger partial charge in [0, 0.05) is 11.7 Å². The van der Waals surface area contributed by atoms with Gasteiger partial charge in [-0.05, 0) is 55.0 Å². The fourth-order valence-electron chi connectivity index (χ4n) is 2.40. The maximum Gasteiger partial charge on any atom is 0.0342 e. The molecule has 1 heteroatoms. The second kappa shape index (κ2) is 6.60. The Morgan fingerprint density at radius 3 is 1.70 bits per heavy atom. The van der Waals surface area contributed by atoms with Crippen molar-refractivity contribution in [2.24, 2.45) is 5.92 Å². The first-order chi connectivity index (χ1) is 9.54. The van der Waals surface area contributed by atoms with Gasteiger partial charge in [0.1, 0.15) is 0 Å². The summed E-state index contributed by atoms with van der Waals surface area (Å²) >= 11 is 0. The van der Waals surface area contributed by atoms with Crippen molar-refractivity contribution in [3.05, 3.63) is 54.1 Å². The van der Waals surface area contributed by atoms with Crippen LogP contribution < -0.4 is 5.32 Å². The molecule has 2 aromatic rings. The van der Waals surface area contributed by atoms with Crippen molar-refractivity contribution in [2.75, 3.05) is 5.32 Å². The minimum absolute atomic E-state index is 0.469. The minimum Gasteiger partial charge on any atom is -0.383 e. The van der Waals surface area contributed by atoms with Gasteiger partial charge in [-0.15, -0.1) is 0 Å². The molecular weight excluding hydrogens is 242 g/mol. The minimum atomic E-state index is 0.469. The Hall–Kier alpha value is -1.76. The highest BCUT2D eigenvalue weighted by molar-refractivity contribution is 5.66. The zero-order chi connectivity index (χ0) is 14.5. The van der Waals surface area contributed by atoms with Gasteiger partial charge in [-0.1, -0.05) is 50.2 Å². The Morgan fingerprint density at radius 2 is 1.25 bits per heavy atom. The summed E-state index contributed by atoms with van der Waals surface area (Å²) in [7, 11) is 0. The number of anilines is 1. The predicted octanol–water partition coefficient (Wildman–Crippen LogP) is 5.37. The molecule has 1 N–H and O–H groups in total. The Kier molecular flexibility index (Phi) is 4.84. The van der Waals surface area contributed by atoms with E-state index in [4.69, 9.17) is 0 Å². The van der Waals surface area contributed by atoms with Gasteiger partial charge in [0.15, 0.2) is 0 Å². The second-order valence-corrected chi connectivity index (χ2v) is 6.17. The van der Waals surface area contributed by atoms with Crippen LogP contribution in [-0.2, 0) is 6.42 Å². The highest BCUT2D eigenvalue weighted by atomic mass is 14.9. The van der Waals surface area contributed by atoms with Crippen LogP contribution in [0.15, 0.2) is 48.5 Å². The summed E-state index contributed by atoms with van der Waals surface area (Å²) in [5.74, 6) is 0.710. The molecule has 0 unspecified atom stereocenters. The number of hydrogen-bond acceptors (Lipinski definition) is 1. The molecule has 106 valence electrons. The van der Waals surface area contributed by atoms with Gasteiger partial charge in [0.05, 0.1) is 0 Å². The highest BCUT2D eigenvalue weighted by Crippen LogP contribution is 2.22. The lowest BCUT2D eigenvalue weighted by atomic mass is 9.99. The van der Waals surface area contributed by atoms with Crippen LogP contribution in [-0.4, -0.2) is 6.04 Å². The van der Waals surface area contributed by atoms with E-state index in [1.165, 1.54) is 22.4 Å². The summed E-state index contributed by atoms with van der Waals surface area (Å²) in [6, 6.07) is 18.1. The van der Waals surface area contributed by atoms with Gasteiger partial charge >= 0.3 is 0 Å². The van der Waals surface area contributed by atoms with Crippen molar-refractivity contribution in [3.63, 3.8) is 0 Å². The molecule has 20 heavy (non-hydrogen) atoms. The lowest BCUT2D eigenvalue weighted by molar-refractivity contribution is 0.647. The molecule has 0 saturated carbocycles. The third-order valence-corrected chi connectivity index (χ3v) is 3.27. The lowest BCUT2D eigenvalue weighted by Gasteiger charge is -2.11. The number of nitrogens with one attached hydrogen (secondary N) is 1. The van der Waals surface area contributed by atoms with Gasteiger partial charge in [0.2, 0.25) is 0 Å². The molecule has 0 radical (unpaired) electrons. The first-order valence-electron chi connectivity index (χ1n) is 7.50. The summed E-state index contributed by atoms with van der Waals surface area (Å²) in [4.78, 5) is 0. The molecule has 2 aromatic carbocycles. The fourth-order valence-corrected chi connectivity index (χ4v) is 2.40. The average Bonchev–Trinajstić information content (AvgIpc) is 2.39. The van der Waals surface area contributed by atoms with E-state index in [1.54, 1.807) is 0 Å². The maximum absolute atomic E-state index is 3.41. The Morgan fingerprint density at radius 1 is 0.750 bits per heavy atom. The SMILES string of the molecule is CC(C)Cc1ccc(-c2ccc(NC(C)C)cc2)cc1. The van der Waals surface area contributed by atoms with E-state index in [9.17, 15) is 0 Å². The number of benzene rings is 2. The van der Waals surface area contributed by atoms with Gasteiger partial charge in [-0.2, -0.15) is 0 Å². The molecule has 0 aliphatic carbocycles. The molecule has 1 nitrogen and oxygen atoms in total. The smallest absolute Gasteiger partial charge is 0.0342 e. The lowest BCUT2D eigenvalue weighted by Crippen LogP contribution is -2.09. The highest BCUT2D eigenvalue weighted by Gasteiger charge is 2.01. The Labute approximate surface area is 123 Å². The van der Waals surface area contributed by atoms with Gasteiger partial charge in [0.25, 0.3) is 0 Å². The van der Waals surface area contributed by atoms with E-state index in [0.717, 1.165) is 6.42 Å². The summed E-state index contributed by atoms with van der Waals surface area (Å²) in [6.07, 6.45) is 1.15. The summed E-state index contributed by atoms with van der Waals surface area (Å²) in [5, 5.41) is 3.41. The Bertz CT molecular complexity index is 469. The van der Waals surface area contributed by atoms with Crippen molar-refractivity contribution >= 4 is 5.69 Å². The molecule has 0 amide bonds. The third kappa shape index (κ3) is 4.12. The quantitative estimate of drug-likeness (QED) is 0.767. The van der Waals surface area contributed by atoms with Crippen molar-refractivity contribution in [2.45, 2.75) is 40.2 Å². The van der Waals surface area contributed by atoms with Gasteiger partial charge in [-0.25, -0.2) is 0 Å². The predicted molar refractivity (Wildman–Crippen MR) is 89.2 cm³/mol. The fraction of sp³-hybridized carbons (Fsp3) is 0.368. The maximum atomic E-state index is 3.41. The molecule has 0 aromatic heterocycles. The third-order valence-electron chi connectivity index (χ3n) is 3.27. The topological polar surface area (TPSA) is 12.0 Å². The second-order valence-electron chi connectivity index (χ2n) is 6.17. The summed E-state index contributed by atoms with van der Waals surface area (Å²) < 4.78 is 0. The van der Waals surface area contributed by atoms with Crippen LogP contribution in [0.1, 0.15) is 33.3 Å². The molecule has 2 rings (SSSR count). The van der Waals surface area contributed by atoms with Crippen molar-refractivity contribution < 1.29 is 0 Å². The van der Waals surface area contributed by atoms with Crippen LogP contribution in [0.4, 0.5) is 5.69 Å². The van der Waals surface area contributed by atoms with Crippen LogP contribution in [0.5, 0.6) is 0 Å². The van der Waals surface area contributed by atoms with Crippen LogP contribution in [0.2, 0.25) is 0 Å². The molecule has 0 atom stereocenters. The van der Waals surface area contributed by atoms with E-state index in [2.05, 4.69) is 81.5 Å². The first kappa shape index (κ1) is 14.6. The van der Waals surface area contributed by atoms with Crippen molar-refractivity contribution in [3.8, 4) is 11.1 Å². The normalized spacial score (nSPS) is 11.1. The molecule has 0 heterocycles. The van der Waals surface area contributed by atoms with Crippen LogP contribution in [0.25, 0.3) is 11.1 Å². The van der Waals surface area contributed by atoms with E-state index in [1.807, 2.05) is 0 Å². The van der Waals surface area contributed by atoms with Crippen LogP contribution in [0, 0.1) is 5.92 Å². The summed E-state index contributed by atoms with van der Waals surface area (Å²) in [6.45, 7) is 8.82. The van der Waals surface area contributed by atoms with E-state index < -0.39 is 0 Å². The number of hydrogen-bond donors (Lipinski definition) is 1. The molecule has 0 aliphatic heterocycles.